The van der Waals surface area contributed by atoms with Gasteiger partial charge in [-0.05, 0) is 49.4 Å². The van der Waals surface area contributed by atoms with E-state index in [4.69, 9.17) is 4.98 Å². The third kappa shape index (κ3) is 4.09. The zero-order chi connectivity index (χ0) is 22.9. The minimum Gasteiger partial charge on any atom is -0.300 e. The third-order valence-corrected chi connectivity index (χ3v) is 6.83. The van der Waals surface area contributed by atoms with E-state index in [-0.39, 0.29) is 0 Å². The SMILES string of the molecule is C=N/N=c1/ccc(-c2cnn(C)c2)cn1-c1ccc2ncc3nc(C4CC4)sc3c2c1.CS. The molecule has 0 spiro atoms. The molecule has 0 bridgehead atoms. The van der Waals surface area contributed by atoms with E-state index < -0.39 is 0 Å². The van der Waals surface area contributed by atoms with Gasteiger partial charge in [0, 0.05) is 54.3 Å². The quantitative estimate of drug-likeness (QED) is 0.227. The first-order chi connectivity index (χ1) is 16.2. The molecular formula is C24H23N7S2. The summed E-state index contributed by atoms with van der Waals surface area (Å²) in [7, 11) is 1.91. The molecule has 5 aromatic rings. The Morgan fingerprint density at radius 2 is 1.91 bits per heavy atom. The van der Waals surface area contributed by atoms with Crippen LogP contribution >= 0.6 is 24.0 Å². The number of aryl methyl sites for hydroxylation is 1. The molecule has 9 heteroatoms. The molecule has 1 saturated carbocycles. The lowest BCUT2D eigenvalue weighted by molar-refractivity contribution is 0.768. The molecule has 1 aliphatic carbocycles. The summed E-state index contributed by atoms with van der Waals surface area (Å²) in [5.41, 5.74) is 5.70. The average molecular weight is 474 g/mol. The summed E-state index contributed by atoms with van der Waals surface area (Å²) in [4.78, 5) is 9.46. The number of hydrogen-bond acceptors (Lipinski definition) is 7. The van der Waals surface area contributed by atoms with Crippen molar-refractivity contribution in [3.8, 4) is 16.8 Å². The number of hydrogen-bond donors (Lipinski definition) is 1. The molecule has 4 aromatic heterocycles. The highest BCUT2D eigenvalue weighted by Crippen LogP contribution is 2.44. The van der Waals surface area contributed by atoms with Gasteiger partial charge in [-0.15, -0.1) is 16.4 Å². The highest BCUT2D eigenvalue weighted by Gasteiger charge is 2.27. The molecule has 0 atom stereocenters. The molecule has 0 amide bonds. The third-order valence-electron chi connectivity index (χ3n) is 5.56. The number of aromatic nitrogens is 5. The van der Waals surface area contributed by atoms with E-state index in [1.54, 1.807) is 22.3 Å². The van der Waals surface area contributed by atoms with Crippen LogP contribution in [-0.4, -0.2) is 37.3 Å². The van der Waals surface area contributed by atoms with Gasteiger partial charge in [0.05, 0.1) is 27.6 Å². The van der Waals surface area contributed by atoms with Crippen molar-refractivity contribution in [2.24, 2.45) is 17.3 Å². The van der Waals surface area contributed by atoms with E-state index in [1.165, 1.54) is 22.5 Å². The molecule has 0 N–H and O–H groups in total. The fourth-order valence-electron chi connectivity index (χ4n) is 3.83. The number of fused-ring (bicyclic) bond motifs is 3. The van der Waals surface area contributed by atoms with Crippen LogP contribution in [0.15, 0.2) is 65.3 Å². The molecule has 1 aliphatic rings. The maximum absolute atomic E-state index is 4.83. The Morgan fingerprint density at radius 3 is 2.64 bits per heavy atom. The van der Waals surface area contributed by atoms with Gasteiger partial charge >= 0.3 is 0 Å². The Labute approximate surface area is 200 Å². The van der Waals surface area contributed by atoms with Crippen LogP contribution in [0, 0.1) is 0 Å². The van der Waals surface area contributed by atoms with Gasteiger partial charge in [0.2, 0.25) is 0 Å². The lowest BCUT2D eigenvalue weighted by atomic mass is 10.1. The van der Waals surface area contributed by atoms with Crippen molar-refractivity contribution < 1.29 is 0 Å². The van der Waals surface area contributed by atoms with E-state index in [9.17, 15) is 0 Å². The van der Waals surface area contributed by atoms with E-state index in [1.807, 2.05) is 42.3 Å². The Bertz CT molecular complexity index is 1540. The van der Waals surface area contributed by atoms with Crippen molar-refractivity contribution >= 4 is 51.8 Å². The highest BCUT2D eigenvalue weighted by molar-refractivity contribution is 7.79. The molecule has 166 valence electrons. The lowest BCUT2D eigenvalue weighted by Gasteiger charge is -2.10. The first-order valence-corrected chi connectivity index (χ1v) is 12.3. The number of pyridine rings is 2. The van der Waals surface area contributed by atoms with E-state index in [2.05, 4.69) is 64.0 Å². The van der Waals surface area contributed by atoms with Gasteiger partial charge in [-0.1, -0.05) is 0 Å². The van der Waals surface area contributed by atoms with Crippen molar-refractivity contribution in [3.63, 3.8) is 0 Å². The Hall–Kier alpha value is -3.30. The molecule has 1 fully saturated rings. The second-order valence-corrected chi connectivity index (χ2v) is 8.82. The Morgan fingerprint density at radius 1 is 1.06 bits per heavy atom. The monoisotopic (exact) mass is 473 g/mol. The minimum absolute atomic E-state index is 0.630. The predicted molar refractivity (Wildman–Crippen MR) is 138 cm³/mol. The summed E-state index contributed by atoms with van der Waals surface area (Å²) in [6.07, 6.45) is 12.0. The first-order valence-electron chi connectivity index (χ1n) is 10.6. The molecule has 7 nitrogen and oxygen atoms in total. The smallest absolute Gasteiger partial charge is 0.159 e. The minimum atomic E-state index is 0.630. The molecule has 33 heavy (non-hydrogen) atoms. The number of rotatable bonds is 4. The van der Waals surface area contributed by atoms with E-state index in [0.717, 1.165) is 33.2 Å². The molecule has 0 radical (unpaired) electrons. The van der Waals surface area contributed by atoms with Crippen molar-refractivity contribution in [1.29, 1.82) is 0 Å². The summed E-state index contributed by atoms with van der Waals surface area (Å²) in [5, 5.41) is 14.6. The fraction of sp³-hybridized carbons (Fsp3) is 0.208. The van der Waals surface area contributed by atoms with Crippen LogP contribution in [-0.2, 0) is 7.05 Å². The average Bonchev–Trinajstić information content (AvgIpc) is 3.46. The number of nitrogens with zero attached hydrogens (tertiary/aromatic N) is 7. The molecular weight excluding hydrogens is 450 g/mol. The van der Waals surface area contributed by atoms with E-state index >= 15 is 0 Å². The summed E-state index contributed by atoms with van der Waals surface area (Å²) in [5.74, 6) is 0.630. The Balaban J connectivity index is 0.00000111. The van der Waals surface area contributed by atoms with Gasteiger partial charge in [0.15, 0.2) is 5.49 Å². The van der Waals surface area contributed by atoms with Gasteiger partial charge in [-0.3, -0.25) is 14.2 Å². The van der Waals surface area contributed by atoms with Gasteiger partial charge < -0.3 is 0 Å². The van der Waals surface area contributed by atoms with Crippen LogP contribution in [0.25, 0.3) is 37.9 Å². The fourth-order valence-corrected chi connectivity index (χ4v) is 5.06. The zero-order valence-electron chi connectivity index (χ0n) is 18.4. The topological polar surface area (TPSA) is 73.2 Å². The normalized spacial score (nSPS) is 13.8. The second-order valence-electron chi connectivity index (χ2n) is 7.79. The van der Waals surface area contributed by atoms with E-state index in [0.29, 0.717) is 11.4 Å². The lowest BCUT2D eigenvalue weighted by Crippen LogP contribution is -2.18. The van der Waals surface area contributed by atoms with Crippen LogP contribution in [0.4, 0.5) is 0 Å². The predicted octanol–water partition coefficient (Wildman–Crippen LogP) is 4.98. The number of thiol groups is 1. The zero-order valence-corrected chi connectivity index (χ0v) is 20.1. The first kappa shape index (κ1) is 21.5. The highest BCUT2D eigenvalue weighted by atomic mass is 32.1. The van der Waals surface area contributed by atoms with Crippen molar-refractivity contribution in [2.45, 2.75) is 18.8 Å². The molecule has 0 unspecified atom stereocenters. The van der Waals surface area contributed by atoms with Crippen molar-refractivity contribution in [1.82, 2.24) is 24.3 Å². The van der Waals surface area contributed by atoms with Crippen LogP contribution in [0.5, 0.6) is 0 Å². The van der Waals surface area contributed by atoms with Crippen LogP contribution in [0.3, 0.4) is 0 Å². The van der Waals surface area contributed by atoms with Gasteiger partial charge in [0.1, 0.15) is 5.52 Å². The molecule has 0 aliphatic heterocycles. The standard InChI is InChI=1S/C23H19N7S.CH4S/c1-24-28-21-8-5-15(16-10-26-29(2)12-16)13-30(21)17-6-7-19-18(9-17)22-20(11-25-19)27-23(31-22)14-3-4-14;1-2/h5-14H,1,3-4H2,2H3;2H,1H3/b28-21-;. The molecule has 1 aromatic carbocycles. The molecule has 6 rings (SSSR count). The number of benzene rings is 1. The maximum Gasteiger partial charge on any atom is 0.159 e. The second kappa shape index (κ2) is 8.92. The van der Waals surface area contributed by atoms with Gasteiger partial charge in [-0.2, -0.15) is 22.8 Å². The molecule has 4 heterocycles. The summed E-state index contributed by atoms with van der Waals surface area (Å²) in [6.45, 7) is 3.53. The van der Waals surface area contributed by atoms with Crippen LogP contribution < -0.4 is 5.49 Å². The largest absolute Gasteiger partial charge is 0.300 e. The van der Waals surface area contributed by atoms with Crippen molar-refractivity contribution in [3.05, 3.63) is 65.6 Å². The van der Waals surface area contributed by atoms with Crippen LogP contribution in [0.1, 0.15) is 23.8 Å². The van der Waals surface area contributed by atoms with Gasteiger partial charge in [0.25, 0.3) is 0 Å². The molecule has 0 saturated heterocycles. The van der Waals surface area contributed by atoms with Crippen molar-refractivity contribution in [2.75, 3.05) is 6.26 Å². The summed E-state index contributed by atoms with van der Waals surface area (Å²) in [6, 6.07) is 10.2. The Kier molecular flexibility index (Phi) is 5.82. The summed E-state index contributed by atoms with van der Waals surface area (Å²) < 4.78 is 5.01. The number of thiazole rings is 1. The summed E-state index contributed by atoms with van der Waals surface area (Å²) >= 11 is 5.32. The van der Waals surface area contributed by atoms with Gasteiger partial charge in [-0.25, -0.2) is 4.98 Å². The van der Waals surface area contributed by atoms with Crippen LogP contribution in [0.2, 0.25) is 0 Å². The maximum atomic E-state index is 4.83.